The van der Waals surface area contributed by atoms with Gasteiger partial charge in [0.2, 0.25) is 5.91 Å². The van der Waals surface area contributed by atoms with Crippen molar-refractivity contribution in [2.75, 3.05) is 24.0 Å². The van der Waals surface area contributed by atoms with Gasteiger partial charge in [0.15, 0.2) is 0 Å². The molecule has 35 heavy (non-hydrogen) atoms. The van der Waals surface area contributed by atoms with Crippen LogP contribution in [0.1, 0.15) is 31.9 Å². The SMILES string of the molecule is Cc1ccccc1N(CC(=O)NCCOc1ccc(C(C)(C)C)cc1)S(=O)(=O)c1ccc(Cl)cc1. The third-order valence-electron chi connectivity index (χ3n) is 5.49. The first-order chi connectivity index (χ1) is 16.5. The average Bonchev–Trinajstić information content (AvgIpc) is 2.81. The van der Waals surface area contributed by atoms with Gasteiger partial charge in [-0.15, -0.1) is 0 Å². The predicted molar refractivity (Wildman–Crippen MR) is 141 cm³/mol. The summed E-state index contributed by atoms with van der Waals surface area (Å²) >= 11 is 5.93. The van der Waals surface area contributed by atoms with Gasteiger partial charge in [-0.05, 0) is 65.9 Å². The molecule has 0 saturated carbocycles. The summed E-state index contributed by atoms with van der Waals surface area (Å²) in [6.45, 7) is 8.37. The van der Waals surface area contributed by atoms with Crippen molar-refractivity contribution in [3.63, 3.8) is 0 Å². The molecule has 3 rings (SSSR count). The number of amides is 1. The predicted octanol–water partition coefficient (Wildman–Crippen LogP) is 5.34. The van der Waals surface area contributed by atoms with E-state index in [9.17, 15) is 13.2 Å². The van der Waals surface area contributed by atoms with Crippen molar-refractivity contribution in [3.05, 3.63) is 88.9 Å². The van der Waals surface area contributed by atoms with E-state index in [1.807, 2.05) is 30.3 Å². The van der Waals surface area contributed by atoms with E-state index in [0.29, 0.717) is 16.5 Å². The molecule has 8 heteroatoms. The van der Waals surface area contributed by atoms with Crippen LogP contribution < -0.4 is 14.4 Å². The highest BCUT2D eigenvalue weighted by atomic mass is 35.5. The highest BCUT2D eigenvalue weighted by Gasteiger charge is 2.28. The number of benzene rings is 3. The normalized spacial score (nSPS) is 11.7. The van der Waals surface area contributed by atoms with Crippen molar-refractivity contribution < 1.29 is 17.9 Å². The minimum absolute atomic E-state index is 0.0555. The van der Waals surface area contributed by atoms with Crippen molar-refractivity contribution >= 4 is 33.2 Å². The maximum absolute atomic E-state index is 13.4. The molecule has 0 bridgehead atoms. The van der Waals surface area contributed by atoms with Crippen LogP contribution in [0.4, 0.5) is 5.69 Å². The Hall–Kier alpha value is -3.03. The molecule has 0 radical (unpaired) electrons. The number of ether oxygens (including phenoxy) is 1. The second-order valence-electron chi connectivity index (χ2n) is 9.22. The van der Waals surface area contributed by atoms with Gasteiger partial charge < -0.3 is 10.1 Å². The van der Waals surface area contributed by atoms with Gasteiger partial charge >= 0.3 is 0 Å². The van der Waals surface area contributed by atoms with Crippen molar-refractivity contribution in [1.82, 2.24) is 5.32 Å². The van der Waals surface area contributed by atoms with E-state index in [1.165, 1.54) is 29.8 Å². The highest BCUT2D eigenvalue weighted by Crippen LogP contribution is 2.27. The van der Waals surface area contributed by atoms with E-state index in [2.05, 4.69) is 26.1 Å². The van der Waals surface area contributed by atoms with Crippen LogP contribution in [0, 0.1) is 6.92 Å². The molecule has 0 saturated heterocycles. The quantitative estimate of drug-likeness (QED) is 0.391. The first kappa shape index (κ1) is 26.6. The van der Waals surface area contributed by atoms with E-state index in [1.54, 1.807) is 25.1 Å². The molecule has 0 atom stereocenters. The number of aryl methyl sites for hydroxylation is 1. The fourth-order valence-corrected chi connectivity index (χ4v) is 5.09. The number of nitrogens with one attached hydrogen (secondary N) is 1. The summed E-state index contributed by atoms with van der Waals surface area (Å²) in [6, 6.07) is 20.8. The molecule has 0 spiro atoms. The Morgan fingerprint density at radius 2 is 1.60 bits per heavy atom. The zero-order chi connectivity index (χ0) is 25.6. The van der Waals surface area contributed by atoms with Crippen molar-refractivity contribution in [3.8, 4) is 5.75 Å². The van der Waals surface area contributed by atoms with Crippen molar-refractivity contribution in [1.29, 1.82) is 0 Å². The molecule has 0 fully saturated rings. The van der Waals surface area contributed by atoms with Crippen LogP contribution in [-0.4, -0.2) is 34.0 Å². The first-order valence-corrected chi connectivity index (χ1v) is 13.1. The van der Waals surface area contributed by atoms with Crippen LogP contribution in [0.5, 0.6) is 5.75 Å². The van der Waals surface area contributed by atoms with Crippen molar-refractivity contribution in [2.45, 2.75) is 38.0 Å². The summed E-state index contributed by atoms with van der Waals surface area (Å²) in [6.07, 6.45) is 0. The number of carbonyl (C=O) groups is 1. The average molecular weight is 515 g/mol. The lowest BCUT2D eigenvalue weighted by Crippen LogP contribution is -2.42. The molecular weight excluding hydrogens is 484 g/mol. The second kappa shape index (κ2) is 11.1. The van der Waals surface area contributed by atoms with Gasteiger partial charge in [0.1, 0.15) is 18.9 Å². The van der Waals surface area contributed by atoms with E-state index in [-0.39, 0.29) is 30.0 Å². The van der Waals surface area contributed by atoms with Gasteiger partial charge in [0, 0.05) is 5.02 Å². The molecule has 0 aliphatic heterocycles. The molecular formula is C27H31ClN2O4S. The van der Waals surface area contributed by atoms with Crippen molar-refractivity contribution in [2.24, 2.45) is 0 Å². The molecule has 0 aliphatic rings. The first-order valence-electron chi connectivity index (χ1n) is 11.3. The summed E-state index contributed by atoms with van der Waals surface area (Å²) in [5, 5.41) is 3.18. The third-order valence-corrected chi connectivity index (χ3v) is 7.51. The summed E-state index contributed by atoms with van der Waals surface area (Å²) in [7, 11) is -4.00. The Balaban J connectivity index is 1.66. The van der Waals surface area contributed by atoms with Crippen LogP contribution in [-0.2, 0) is 20.2 Å². The molecule has 6 nitrogen and oxygen atoms in total. The molecule has 0 heterocycles. The molecule has 1 amide bonds. The highest BCUT2D eigenvalue weighted by molar-refractivity contribution is 7.92. The minimum atomic E-state index is -4.00. The maximum Gasteiger partial charge on any atom is 0.264 e. The lowest BCUT2D eigenvalue weighted by Gasteiger charge is -2.25. The smallest absolute Gasteiger partial charge is 0.264 e. The lowest BCUT2D eigenvalue weighted by atomic mass is 9.87. The Morgan fingerprint density at radius 1 is 0.971 bits per heavy atom. The number of nitrogens with zero attached hydrogens (tertiary/aromatic N) is 1. The number of rotatable bonds is 9. The maximum atomic E-state index is 13.4. The summed E-state index contributed by atoms with van der Waals surface area (Å²) in [5.41, 5.74) is 2.44. The Morgan fingerprint density at radius 3 is 2.20 bits per heavy atom. The summed E-state index contributed by atoms with van der Waals surface area (Å²) in [5.74, 6) is 0.275. The fourth-order valence-electron chi connectivity index (χ4n) is 3.47. The fraction of sp³-hybridized carbons (Fsp3) is 0.296. The Bertz CT molecular complexity index is 1250. The van der Waals surface area contributed by atoms with E-state index in [4.69, 9.17) is 16.3 Å². The molecule has 0 aliphatic carbocycles. The van der Waals surface area contributed by atoms with Crippen LogP contribution >= 0.6 is 11.6 Å². The van der Waals surface area contributed by atoms with Crippen LogP contribution in [0.15, 0.2) is 77.7 Å². The van der Waals surface area contributed by atoms with Crippen LogP contribution in [0.3, 0.4) is 0 Å². The zero-order valence-corrected chi connectivity index (χ0v) is 22.0. The number of para-hydroxylation sites is 1. The molecule has 1 N–H and O–H groups in total. The molecule has 3 aromatic rings. The number of sulfonamides is 1. The van der Waals surface area contributed by atoms with E-state index in [0.717, 1.165) is 9.87 Å². The number of carbonyl (C=O) groups excluding carboxylic acids is 1. The van der Waals surface area contributed by atoms with Gasteiger partial charge in [0.05, 0.1) is 17.1 Å². The largest absolute Gasteiger partial charge is 0.492 e. The lowest BCUT2D eigenvalue weighted by molar-refractivity contribution is -0.119. The number of hydrogen-bond donors (Lipinski definition) is 1. The van der Waals surface area contributed by atoms with Gasteiger partial charge in [-0.3, -0.25) is 9.10 Å². The van der Waals surface area contributed by atoms with Gasteiger partial charge in [-0.25, -0.2) is 8.42 Å². The van der Waals surface area contributed by atoms with Crippen LogP contribution in [0.25, 0.3) is 0 Å². The monoisotopic (exact) mass is 514 g/mol. The zero-order valence-electron chi connectivity index (χ0n) is 20.4. The Kier molecular flexibility index (Phi) is 8.46. The number of hydrogen-bond acceptors (Lipinski definition) is 4. The molecule has 0 aromatic heterocycles. The Labute approximate surface area is 212 Å². The number of halogens is 1. The van der Waals surface area contributed by atoms with Gasteiger partial charge in [0.25, 0.3) is 10.0 Å². The molecule has 3 aromatic carbocycles. The summed E-state index contributed by atoms with van der Waals surface area (Å²) in [4.78, 5) is 12.8. The standard InChI is InChI=1S/C27H31ClN2O4S/c1-20-7-5-6-8-25(20)30(35(32,33)24-15-11-22(28)12-16-24)19-26(31)29-17-18-34-23-13-9-21(10-14-23)27(2,3)4/h5-16H,17-19H2,1-4H3,(H,29,31). The molecule has 0 unspecified atom stereocenters. The van der Waals surface area contributed by atoms with E-state index >= 15 is 0 Å². The summed E-state index contributed by atoms with van der Waals surface area (Å²) < 4.78 is 33.7. The van der Waals surface area contributed by atoms with E-state index < -0.39 is 15.9 Å². The third kappa shape index (κ3) is 6.99. The number of anilines is 1. The topological polar surface area (TPSA) is 75.7 Å². The van der Waals surface area contributed by atoms with Gasteiger partial charge in [-0.1, -0.05) is 62.7 Å². The van der Waals surface area contributed by atoms with Crippen LogP contribution in [0.2, 0.25) is 5.02 Å². The second-order valence-corrected chi connectivity index (χ2v) is 11.5. The minimum Gasteiger partial charge on any atom is -0.492 e. The molecule has 186 valence electrons. The van der Waals surface area contributed by atoms with Gasteiger partial charge in [-0.2, -0.15) is 0 Å².